The molecule has 0 radical (unpaired) electrons. The summed E-state index contributed by atoms with van der Waals surface area (Å²) in [6, 6.07) is 42.8. The van der Waals surface area contributed by atoms with Crippen molar-refractivity contribution >= 4 is 43.6 Å². The first-order chi connectivity index (χ1) is 20.6. The van der Waals surface area contributed by atoms with Crippen molar-refractivity contribution in [3.05, 3.63) is 132 Å². The second-order valence-electron chi connectivity index (χ2n) is 11.8. The van der Waals surface area contributed by atoms with Gasteiger partial charge >= 0.3 is 0 Å². The van der Waals surface area contributed by atoms with Gasteiger partial charge < -0.3 is 4.42 Å². The highest BCUT2D eigenvalue weighted by Crippen LogP contribution is 2.49. The summed E-state index contributed by atoms with van der Waals surface area (Å²) in [4.78, 5) is 10.6. The van der Waals surface area contributed by atoms with Gasteiger partial charge in [-0.05, 0) is 63.4 Å². The van der Waals surface area contributed by atoms with Gasteiger partial charge in [-0.15, -0.1) is 0 Å². The first-order valence-corrected chi connectivity index (χ1v) is 14.4. The molecule has 198 valence electrons. The van der Waals surface area contributed by atoms with Crippen LogP contribution in [0.15, 0.2) is 126 Å². The van der Waals surface area contributed by atoms with Crippen LogP contribution >= 0.6 is 0 Å². The Bertz CT molecular complexity index is 2380. The molecule has 0 saturated carbocycles. The molecule has 3 heteroatoms. The smallest absolute Gasteiger partial charge is 0.160 e. The topological polar surface area (TPSA) is 38.9 Å². The molecular formula is C39H26N2O. The molecule has 2 heterocycles. The fraction of sp³-hybridized carbons (Fsp3) is 0.0769. The fourth-order valence-electron chi connectivity index (χ4n) is 6.93. The molecule has 0 saturated heterocycles. The fourth-order valence-corrected chi connectivity index (χ4v) is 6.93. The minimum Gasteiger partial charge on any atom is -0.456 e. The molecule has 0 aliphatic heterocycles. The Balaban J connectivity index is 1.36. The lowest BCUT2D eigenvalue weighted by atomic mass is 9.82. The lowest BCUT2D eigenvalue weighted by Crippen LogP contribution is -2.15. The molecule has 3 nitrogen and oxygen atoms in total. The van der Waals surface area contributed by atoms with Crippen LogP contribution in [0.2, 0.25) is 0 Å². The Kier molecular flexibility index (Phi) is 4.67. The minimum atomic E-state index is -0.101. The van der Waals surface area contributed by atoms with E-state index in [0.29, 0.717) is 0 Å². The Morgan fingerprint density at radius 1 is 0.548 bits per heavy atom. The van der Waals surface area contributed by atoms with Crippen molar-refractivity contribution in [2.24, 2.45) is 0 Å². The van der Waals surface area contributed by atoms with Gasteiger partial charge in [-0.25, -0.2) is 9.97 Å². The zero-order chi connectivity index (χ0) is 28.0. The Morgan fingerprint density at radius 2 is 1.29 bits per heavy atom. The molecule has 0 N–H and O–H groups in total. The predicted molar refractivity (Wildman–Crippen MR) is 173 cm³/mol. The highest BCUT2D eigenvalue weighted by Gasteiger charge is 2.35. The zero-order valence-corrected chi connectivity index (χ0v) is 23.3. The Morgan fingerprint density at radius 3 is 2.14 bits per heavy atom. The number of furan rings is 1. The van der Waals surface area contributed by atoms with E-state index in [2.05, 4.69) is 129 Å². The predicted octanol–water partition coefficient (Wildman–Crippen LogP) is 10.3. The molecule has 1 aliphatic rings. The highest BCUT2D eigenvalue weighted by molar-refractivity contribution is 6.21. The second-order valence-corrected chi connectivity index (χ2v) is 11.8. The molecular weight excluding hydrogens is 512 g/mol. The number of benzene rings is 6. The van der Waals surface area contributed by atoms with Crippen molar-refractivity contribution in [2.45, 2.75) is 19.3 Å². The summed E-state index contributed by atoms with van der Waals surface area (Å²) in [5.74, 6) is 0.721. The SMILES string of the molecule is CC1(C)c2ccccc2-c2ccc(-c3nc(-c4ccccc4)c4ccc5oc6cc7ccccc7cc6c5c4n3)cc21. The van der Waals surface area contributed by atoms with Crippen LogP contribution in [0, 0.1) is 0 Å². The maximum absolute atomic E-state index is 6.42. The van der Waals surface area contributed by atoms with E-state index >= 15 is 0 Å². The molecule has 2 aromatic heterocycles. The van der Waals surface area contributed by atoms with Crippen molar-refractivity contribution in [3.8, 4) is 33.8 Å². The zero-order valence-electron chi connectivity index (χ0n) is 23.3. The van der Waals surface area contributed by atoms with Crippen LogP contribution in [-0.4, -0.2) is 9.97 Å². The van der Waals surface area contributed by atoms with Crippen molar-refractivity contribution in [1.29, 1.82) is 0 Å². The largest absolute Gasteiger partial charge is 0.456 e. The van der Waals surface area contributed by atoms with Gasteiger partial charge in [-0.1, -0.05) is 105 Å². The summed E-state index contributed by atoms with van der Waals surface area (Å²) in [5, 5.41) is 5.46. The number of rotatable bonds is 2. The summed E-state index contributed by atoms with van der Waals surface area (Å²) in [6.07, 6.45) is 0. The Labute approximate surface area is 243 Å². The van der Waals surface area contributed by atoms with Gasteiger partial charge in [0, 0.05) is 27.3 Å². The van der Waals surface area contributed by atoms with E-state index in [-0.39, 0.29) is 5.41 Å². The molecule has 1 aliphatic carbocycles. The number of aromatic nitrogens is 2. The molecule has 0 spiro atoms. The van der Waals surface area contributed by atoms with Gasteiger partial charge in [0.05, 0.1) is 16.6 Å². The summed E-state index contributed by atoms with van der Waals surface area (Å²) in [7, 11) is 0. The summed E-state index contributed by atoms with van der Waals surface area (Å²) in [6.45, 7) is 4.62. The quantitative estimate of drug-likeness (QED) is 0.220. The average Bonchev–Trinajstić information content (AvgIpc) is 3.51. The first-order valence-electron chi connectivity index (χ1n) is 14.4. The van der Waals surface area contributed by atoms with Crippen molar-refractivity contribution in [1.82, 2.24) is 9.97 Å². The monoisotopic (exact) mass is 538 g/mol. The summed E-state index contributed by atoms with van der Waals surface area (Å²) in [5.41, 5.74) is 10.8. The van der Waals surface area contributed by atoms with E-state index in [4.69, 9.17) is 14.4 Å². The average molecular weight is 539 g/mol. The van der Waals surface area contributed by atoms with Crippen LogP contribution in [0.3, 0.4) is 0 Å². The van der Waals surface area contributed by atoms with Crippen molar-refractivity contribution in [2.75, 3.05) is 0 Å². The number of fused-ring (bicyclic) bond motifs is 9. The Hall–Kier alpha value is -5.28. The molecule has 0 amide bonds. The second kappa shape index (κ2) is 8.37. The first kappa shape index (κ1) is 23.4. The highest BCUT2D eigenvalue weighted by atomic mass is 16.3. The molecule has 9 rings (SSSR count). The minimum absolute atomic E-state index is 0.101. The van der Waals surface area contributed by atoms with E-state index in [9.17, 15) is 0 Å². The van der Waals surface area contributed by atoms with E-state index in [0.717, 1.165) is 60.9 Å². The number of hydrogen-bond donors (Lipinski definition) is 0. The van der Waals surface area contributed by atoms with Gasteiger partial charge in [0.1, 0.15) is 11.2 Å². The number of hydrogen-bond acceptors (Lipinski definition) is 3. The van der Waals surface area contributed by atoms with Crippen molar-refractivity contribution in [3.63, 3.8) is 0 Å². The van der Waals surface area contributed by atoms with Crippen LogP contribution in [0.25, 0.3) is 77.4 Å². The third-order valence-corrected chi connectivity index (χ3v) is 9.06. The molecule has 0 atom stereocenters. The maximum Gasteiger partial charge on any atom is 0.160 e. The normalized spacial score (nSPS) is 13.7. The van der Waals surface area contributed by atoms with Crippen LogP contribution in [0.4, 0.5) is 0 Å². The van der Waals surface area contributed by atoms with Gasteiger partial charge in [-0.3, -0.25) is 0 Å². The third-order valence-electron chi connectivity index (χ3n) is 9.06. The lowest BCUT2D eigenvalue weighted by Gasteiger charge is -2.21. The molecule has 8 aromatic rings. The van der Waals surface area contributed by atoms with E-state index in [1.54, 1.807) is 0 Å². The van der Waals surface area contributed by atoms with E-state index in [1.807, 2.05) is 6.07 Å². The number of nitrogens with zero attached hydrogens (tertiary/aromatic N) is 2. The van der Waals surface area contributed by atoms with Gasteiger partial charge in [0.25, 0.3) is 0 Å². The standard InChI is InChI=1S/C39H26N2O/c1-39(2)31-15-9-8-14-27(31)28-17-16-26(21-32(28)39)38-40-36(23-10-4-3-5-11-23)29-18-19-33-35(37(29)41-38)30-20-24-12-6-7-13-25(24)22-34(30)42-33/h3-22H,1-2H3. The van der Waals surface area contributed by atoms with Crippen LogP contribution in [-0.2, 0) is 5.41 Å². The molecule has 6 aromatic carbocycles. The molecule has 0 bridgehead atoms. The van der Waals surface area contributed by atoms with Crippen LogP contribution < -0.4 is 0 Å². The maximum atomic E-state index is 6.42. The molecule has 0 fully saturated rings. The van der Waals surface area contributed by atoms with E-state index in [1.165, 1.54) is 27.6 Å². The van der Waals surface area contributed by atoms with Crippen LogP contribution in [0.1, 0.15) is 25.0 Å². The van der Waals surface area contributed by atoms with E-state index < -0.39 is 0 Å². The van der Waals surface area contributed by atoms with Crippen LogP contribution in [0.5, 0.6) is 0 Å². The third kappa shape index (κ3) is 3.22. The summed E-state index contributed by atoms with van der Waals surface area (Å²) >= 11 is 0. The van der Waals surface area contributed by atoms with Crippen molar-refractivity contribution < 1.29 is 4.42 Å². The van der Waals surface area contributed by atoms with Gasteiger partial charge in [-0.2, -0.15) is 0 Å². The molecule has 0 unspecified atom stereocenters. The van der Waals surface area contributed by atoms with Gasteiger partial charge in [0.2, 0.25) is 0 Å². The lowest BCUT2D eigenvalue weighted by molar-refractivity contribution is 0.660. The summed E-state index contributed by atoms with van der Waals surface area (Å²) < 4.78 is 6.42. The van der Waals surface area contributed by atoms with Gasteiger partial charge in [0.15, 0.2) is 5.82 Å². The molecule has 42 heavy (non-hydrogen) atoms.